The summed E-state index contributed by atoms with van der Waals surface area (Å²) in [4.78, 5) is 29.0. The van der Waals surface area contributed by atoms with Crippen LogP contribution in [0.4, 0.5) is 14.5 Å². The van der Waals surface area contributed by atoms with Gasteiger partial charge in [0, 0.05) is 19.0 Å². The summed E-state index contributed by atoms with van der Waals surface area (Å²) in [7, 11) is -4.41. The Morgan fingerprint density at radius 3 is 1.95 bits per heavy atom. The van der Waals surface area contributed by atoms with Crippen molar-refractivity contribution in [2.75, 3.05) is 10.8 Å². The summed E-state index contributed by atoms with van der Waals surface area (Å²) < 4.78 is 57.3. The fourth-order valence-corrected chi connectivity index (χ4v) is 6.05. The van der Waals surface area contributed by atoms with Crippen molar-refractivity contribution in [3.05, 3.63) is 132 Å². The molecule has 0 aliphatic carbocycles. The molecule has 1 unspecified atom stereocenters. The van der Waals surface area contributed by atoms with E-state index in [0.29, 0.717) is 5.56 Å². The number of halogens is 2. The van der Waals surface area contributed by atoms with Crippen LogP contribution in [0.15, 0.2) is 114 Å². The first-order valence-corrected chi connectivity index (χ1v) is 15.2. The first-order chi connectivity index (χ1) is 20.6. The number of sulfonamides is 1. The molecule has 4 aromatic carbocycles. The van der Waals surface area contributed by atoms with Crippen LogP contribution in [0.25, 0.3) is 0 Å². The number of anilines is 1. The lowest BCUT2D eigenvalue weighted by molar-refractivity contribution is -0.140. The number of carbonyl (C=O) groups is 2. The average Bonchev–Trinajstić information content (AvgIpc) is 2.99. The molecule has 224 valence electrons. The van der Waals surface area contributed by atoms with Crippen LogP contribution in [-0.4, -0.2) is 43.8 Å². The summed E-state index contributed by atoms with van der Waals surface area (Å²) in [5.41, 5.74) is 0.979. The number of para-hydroxylation sites is 1. The Morgan fingerprint density at radius 1 is 0.767 bits per heavy atom. The van der Waals surface area contributed by atoms with Crippen molar-refractivity contribution < 1.29 is 26.8 Å². The number of rotatable bonds is 12. The van der Waals surface area contributed by atoms with Gasteiger partial charge in [-0.15, -0.1) is 0 Å². The number of hydrogen-bond donors (Lipinski definition) is 1. The molecule has 0 spiro atoms. The van der Waals surface area contributed by atoms with Crippen molar-refractivity contribution in [3.8, 4) is 0 Å². The van der Waals surface area contributed by atoms with Gasteiger partial charge in [-0.25, -0.2) is 17.2 Å². The highest BCUT2D eigenvalue weighted by molar-refractivity contribution is 7.92. The van der Waals surface area contributed by atoms with Crippen molar-refractivity contribution >= 4 is 27.5 Å². The van der Waals surface area contributed by atoms with Gasteiger partial charge in [-0.1, -0.05) is 72.8 Å². The third-order valence-corrected chi connectivity index (χ3v) is 8.47. The van der Waals surface area contributed by atoms with E-state index in [1.807, 2.05) is 30.3 Å². The van der Waals surface area contributed by atoms with E-state index in [1.165, 1.54) is 71.6 Å². The van der Waals surface area contributed by atoms with Crippen LogP contribution < -0.4 is 9.62 Å². The zero-order valence-corrected chi connectivity index (χ0v) is 24.7. The van der Waals surface area contributed by atoms with Gasteiger partial charge >= 0.3 is 0 Å². The standard InChI is InChI=1S/C33H33F2N3O4S/c1-24(2)36-33(40)31(21-25-11-5-3-6-12-25)37(22-26-17-19-27(34)20-18-26)32(39)23-38(30-16-10-9-15-29(30)35)43(41,42)28-13-7-4-8-14-28/h3-20,24,31H,21-23H2,1-2H3,(H,36,40). The molecule has 1 N–H and O–H groups in total. The normalized spacial score (nSPS) is 12.0. The lowest BCUT2D eigenvalue weighted by Gasteiger charge is -2.34. The second-order valence-electron chi connectivity index (χ2n) is 10.3. The molecule has 0 saturated heterocycles. The number of benzene rings is 4. The van der Waals surface area contributed by atoms with Gasteiger partial charge in [0.25, 0.3) is 10.0 Å². The van der Waals surface area contributed by atoms with E-state index in [9.17, 15) is 22.4 Å². The first-order valence-electron chi connectivity index (χ1n) is 13.8. The van der Waals surface area contributed by atoms with Crippen LogP contribution in [0.5, 0.6) is 0 Å². The van der Waals surface area contributed by atoms with E-state index in [1.54, 1.807) is 19.9 Å². The van der Waals surface area contributed by atoms with E-state index >= 15 is 4.39 Å². The molecule has 0 aliphatic heterocycles. The fourth-order valence-electron chi connectivity index (χ4n) is 4.61. The summed E-state index contributed by atoms with van der Waals surface area (Å²) in [6, 6.07) is 25.9. The van der Waals surface area contributed by atoms with Crippen LogP contribution >= 0.6 is 0 Å². The molecule has 4 aromatic rings. The molecule has 1 atom stereocenters. The summed E-state index contributed by atoms with van der Waals surface area (Å²) in [5, 5.41) is 2.86. The topological polar surface area (TPSA) is 86.8 Å². The second kappa shape index (κ2) is 14.1. The SMILES string of the molecule is CC(C)NC(=O)C(Cc1ccccc1)N(Cc1ccc(F)cc1)C(=O)CN(c1ccccc1F)S(=O)(=O)c1ccccc1. The van der Waals surface area contributed by atoms with Crippen molar-refractivity contribution in [1.82, 2.24) is 10.2 Å². The van der Waals surface area contributed by atoms with Crippen LogP contribution in [-0.2, 0) is 32.6 Å². The molecule has 7 nitrogen and oxygen atoms in total. The number of nitrogens with one attached hydrogen (secondary N) is 1. The van der Waals surface area contributed by atoms with E-state index in [2.05, 4.69) is 5.32 Å². The van der Waals surface area contributed by atoms with Crippen LogP contribution in [0.3, 0.4) is 0 Å². The Balaban J connectivity index is 1.80. The summed E-state index contributed by atoms with van der Waals surface area (Å²) in [5.74, 6) is -2.50. The predicted molar refractivity (Wildman–Crippen MR) is 162 cm³/mol. The first kappa shape index (κ1) is 31.4. The Labute approximate surface area is 250 Å². The zero-order chi connectivity index (χ0) is 31.0. The average molecular weight is 606 g/mol. The quantitative estimate of drug-likeness (QED) is 0.237. The molecule has 0 aliphatic rings. The maximum absolute atomic E-state index is 15.1. The Hall–Kier alpha value is -4.57. The lowest BCUT2D eigenvalue weighted by Crippen LogP contribution is -2.54. The highest BCUT2D eigenvalue weighted by Gasteiger charge is 2.35. The van der Waals surface area contributed by atoms with Gasteiger partial charge in [0.2, 0.25) is 11.8 Å². The molecule has 2 amide bonds. The molecular weight excluding hydrogens is 572 g/mol. The van der Waals surface area contributed by atoms with E-state index in [-0.39, 0.29) is 29.6 Å². The number of amides is 2. The van der Waals surface area contributed by atoms with Gasteiger partial charge in [0.1, 0.15) is 24.2 Å². The van der Waals surface area contributed by atoms with Crippen molar-refractivity contribution in [2.45, 2.75) is 43.8 Å². The molecule has 43 heavy (non-hydrogen) atoms. The number of hydrogen-bond acceptors (Lipinski definition) is 4. The molecule has 0 heterocycles. The molecule has 10 heteroatoms. The van der Waals surface area contributed by atoms with E-state index < -0.39 is 46.1 Å². The highest BCUT2D eigenvalue weighted by Crippen LogP contribution is 2.27. The van der Waals surface area contributed by atoms with Gasteiger partial charge in [-0.2, -0.15) is 0 Å². The van der Waals surface area contributed by atoms with Gasteiger partial charge in [0.15, 0.2) is 0 Å². The molecule has 0 radical (unpaired) electrons. The monoisotopic (exact) mass is 605 g/mol. The third kappa shape index (κ3) is 8.04. The van der Waals surface area contributed by atoms with Crippen molar-refractivity contribution in [1.29, 1.82) is 0 Å². The van der Waals surface area contributed by atoms with Gasteiger partial charge in [-0.3, -0.25) is 13.9 Å². The Bertz CT molecular complexity index is 1630. The largest absolute Gasteiger partial charge is 0.352 e. The molecular formula is C33H33F2N3O4S. The van der Waals surface area contributed by atoms with Crippen molar-refractivity contribution in [3.63, 3.8) is 0 Å². The maximum Gasteiger partial charge on any atom is 0.264 e. The molecule has 4 rings (SSSR count). The smallest absolute Gasteiger partial charge is 0.264 e. The van der Waals surface area contributed by atoms with Crippen LogP contribution in [0.2, 0.25) is 0 Å². The van der Waals surface area contributed by atoms with Gasteiger partial charge < -0.3 is 10.2 Å². The minimum Gasteiger partial charge on any atom is -0.352 e. The van der Waals surface area contributed by atoms with Gasteiger partial charge in [0.05, 0.1) is 10.6 Å². The summed E-state index contributed by atoms with van der Waals surface area (Å²) in [6.45, 7) is 2.66. The number of nitrogens with zero attached hydrogens (tertiary/aromatic N) is 2. The highest BCUT2D eigenvalue weighted by atomic mass is 32.2. The molecule has 0 aromatic heterocycles. The zero-order valence-electron chi connectivity index (χ0n) is 23.9. The van der Waals surface area contributed by atoms with Crippen LogP contribution in [0, 0.1) is 11.6 Å². The Kier molecular flexibility index (Phi) is 10.3. The number of carbonyl (C=O) groups excluding carboxylic acids is 2. The third-order valence-electron chi connectivity index (χ3n) is 6.70. The fraction of sp³-hybridized carbons (Fsp3) is 0.212. The minimum atomic E-state index is -4.41. The second-order valence-corrected chi connectivity index (χ2v) is 12.2. The molecule has 0 saturated carbocycles. The molecule has 0 bridgehead atoms. The summed E-state index contributed by atoms with van der Waals surface area (Å²) >= 11 is 0. The van der Waals surface area contributed by atoms with E-state index in [4.69, 9.17) is 0 Å². The van der Waals surface area contributed by atoms with Gasteiger partial charge in [-0.05, 0) is 61.4 Å². The molecule has 0 fully saturated rings. The maximum atomic E-state index is 15.1. The Morgan fingerprint density at radius 2 is 1.35 bits per heavy atom. The van der Waals surface area contributed by atoms with E-state index in [0.717, 1.165) is 15.9 Å². The minimum absolute atomic E-state index is 0.122. The van der Waals surface area contributed by atoms with Crippen LogP contribution in [0.1, 0.15) is 25.0 Å². The summed E-state index contributed by atoms with van der Waals surface area (Å²) in [6.07, 6.45) is 0.122. The van der Waals surface area contributed by atoms with Crippen molar-refractivity contribution in [2.24, 2.45) is 0 Å². The predicted octanol–water partition coefficient (Wildman–Crippen LogP) is 5.32. The lowest BCUT2D eigenvalue weighted by atomic mass is 10.0.